The minimum Gasteiger partial charge on any atom is -0.467 e. The SMILES string of the molecule is COC(=O)[C@H]1C[C@@H](N=[N+]=[N-])[C@H](CO)O1. The normalized spacial score (nSPS) is 30.9. The summed E-state index contributed by atoms with van der Waals surface area (Å²) >= 11 is 0. The lowest BCUT2D eigenvalue weighted by molar-refractivity contribution is -0.153. The molecule has 1 N–H and O–H groups in total. The van der Waals surface area contributed by atoms with Crippen molar-refractivity contribution in [1.82, 2.24) is 0 Å². The van der Waals surface area contributed by atoms with Crippen molar-refractivity contribution in [3.63, 3.8) is 0 Å². The van der Waals surface area contributed by atoms with Gasteiger partial charge in [0.2, 0.25) is 0 Å². The van der Waals surface area contributed by atoms with Crippen LogP contribution in [0.2, 0.25) is 0 Å². The molecule has 0 unspecified atom stereocenters. The highest BCUT2D eigenvalue weighted by Crippen LogP contribution is 2.23. The maximum absolute atomic E-state index is 11.1. The van der Waals surface area contributed by atoms with Gasteiger partial charge in [-0.05, 0) is 12.0 Å². The molecule has 1 aliphatic rings. The summed E-state index contributed by atoms with van der Waals surface area (Å²) < 4.78 is 9.61. The third-order valence-corrected chi connectivity index (χ3v) is 2.07. The first-order chi connectivity index (χ1) is 6.72. The molecule has 0 amide bonds. The topological polar surface area (TPSA) is 105 Å². The summed E-state index contributed by atoms with van der Waals surface area (Å²) in [6.45, 7) is -0.281. The minimum atomic E-state index is -0.743. The molecule has 0 aromatic heterocycles. The molecule has 14 heavy (non-hydrogen) atoms. The molecule has 3 atom stereocenters. The summed E-state index contributed by atoms with van der Waals surface area (Å²) in [5.74, 6) is -0.515. The van der Waals surface area contributed by atoms with Crippen molar-refractivity contribution in [2.24, 2.45) is 5.11 Å². The Labute approximate surface area is 80.2 Å². The Morgan fingerprint density at radius 2 is 2.57 bits per heavy atom. The highest BCUT2D eigenvalue weighted by Gasteiger charge is 2.38. The quantitative estimate of drug-likeness (QED) is 0.300. The second kappa shape index (κ2) is 4.80. The number of esters is 1. The molecule has 1 aliphatic heterocycles. The zero-order chi connectivity index (χ0) is 10.6. The second-order valence-electron chi connectivity index (χ2n) is 2.88. The van der Waals surface area contributed by atoms with E-state index in [1.807, 2.05) is 0 Å². The maximum Gasteiger partial charge on any atom is 0.334 e. The first-order valence-corrected chi connectivity index (χ1v) is 4.11. The molecule has 1 heterocycles. The average Bonchev–Trinajstić information content (AvgIpc) is 2.60. The number of methoxy groups -OCH3 is 1. The number of aliphatic hydroxyl groups is 1. The van der Waals surface area contributed by atoms with E-state index in [1.165, 1.54) is 7.11 Å². The number of ether oxygens (including phenoxy) is 2. The monoisotopic (exact) mass is 201 g/mol. The smallest absolute Gasteiger partial charge is 0.334 e. The van der Waals surface area contributed by atoms with Crippen LogP contribution in [0.15, 0.2) is 5.11 Å². The van der Waals surface area contributed by atoms with E-state index in [-0.39, 0.29) is 13.0 Å². The molecule has 0 bridgehead atoms. The van der Waals surface area contributed by atoms with Gasteiger partial charge in [-0.1, -0.05) is 5.11 Å². The van der Waals surface area contributed by atoms with E-state index in [9.17, 15) is 4.79 Å². The highest BCUT2D eigenvalue weighted by atomic mass is 16.6. The number of aliphatic hydroxyl groups excluding tert-OH is 1. The van der Waals surface area contributed by atoms with Crippen LogP contribution in [0.4, 0.5) is 0 Å². The number of carbonyl (C=O) groups excluding carboxylic acids is 1. The predicted octanol–water partition coefficient (Wildman–Crippen LogP) is -0.0119. The fourth-order valence-corrected chi connectivity index (χ4v) is 1.36. The molecule has 0 spiro atoms. The van der Waals surface area contributed by atoms with Gasteiger partial charge in [-0.15, -0.1) is 0 Å². The van der Waals surface area contributed by atoms with Gasteiger partial charge in [-0.25, -0.2) is 4.79 Å². The molecule has 0 aromatic rings. The molecule has 7 nitrogen and oxygen atoms in total. The van der Waals surface area contributed by atoms with Crippen LogP contribution in [-0.4, -0.2) is 43.0 Å². The van der Waals surface area contributed by atoms with Crippen molar-refractivity contribution < 1.29 is 19.4 Å². The summed E-state index contributed by atoms with van der Waals surface area (Å²) in [6.07, 6.45) is -1.11. The first-order valence-electron chi connectivity index (χ1n) is 4.11. The van der Waals surface area contributed by atoms with Crippen LogP contribution >= 0.6 is 0 Å². The van der Waals surface area contributed by atoms with Gasteiger partial charge in [0.05, 0.1) is 25.9 Å². The first kappa shape index (κ1) is 10.8. The van der Waals surface area contributed by atoms with Crippen LogP contribution in [0.25, 0.3) is 10.4 Å². The Morgan fingerprint density at radius 1 is 1.86 bits per heavy atom. The lowest BCUT2D eigenvalue weighted by atomic mass is 10.1. The van der Waals surface area contributed by atoms with Crippen LogP contribution in [0.1, 0.15) is 6.42 Å². The van der Waals surface area contributed by atoms with Gasteiger partial charge in [0.25, 0.3) is 0 Å². The molecule has 0 saturated carbocycles. The van der Waals surface area contributed by atoms with Gasteiger partial charge >= 0.3 is 5.97 Å². The van der Waals surface area contributed by atoms with Gasteiger partial charge in [0.1, 0.15) is 0 Å². The van der Waals surface area contributed by atoms with Crippen LogP contribution < -0.4 is 0 Å². The van der Waals surface area contributed by atoms with E-state index in [4.69, 9.17) is 15.4 Å². The van der Waals surface area contributed by atoms with E-state index in [0.717, 1.165) is 0 Å². The van der Waals surface area contributed by atoms with Gasteiger partial charge in [-0.2, -0.15) is 0 Å². The number of carbonyl (C=O) groups is 1. The molecule has 1 rings (SSSR count). The highest BCUT2D eigenvalue weighted by molar-refractivity contribution is 5.75. The summed E-state index contributed by atoms with van der Waals surface area (Å²) in [5.41, 5.74) is 8.23. The lowest BCUT2D eigenvalue weighted by Gasteiger charge is -2.10. The standard InChI is InChI=1S/C7H11N3O4/c1-13-7(12)5-2-4(9-10-8)6(3-11)14-5/h4-6,11H,2-3H2,1H3/t4-,5-,6+/m1/s1. The fraction of sp³-hybridized carbons (Fsp3) is 0.857. The Balaban J connectivity index is 2.64. The average molecular weight is 201 g/mol. The number of azide groups is 1. The summed E-state index contributed by atoms with van der Waals surface area (Å²) in [7, 11) is 1.25. The van der Waals surface area contributed by atoms with Crippen LogP contribution in [0, 0.1) is 0 Å². The molecule has 0 aromatic carbocycles. The van der Waals surface area contributed by atoms with Crippen LogP contribution in [-0.2, 0) is 14.3 Å². The Kier molecular flexibility index (Phi) is 3.70. The Morgan fingerprint density at radius 3 is 3.07 bits per heavy atom. The van der Waals surface area contributed by atoms with Crippen molar-refractivity contribution in [2.45, 2.75) is 24.7 Å². The Hall–Kier alpha value is -1.30. The number of nitrogens with zero attached hydrogens (tertiary/aromatic N) is 3. The van der Waals surface area contributed by atoms with Gasteiger partial charge < -0.3 is 14.6 Å². The van der Waals surface area contributed by atoms with Crippen LogP contribution in [0.3, 0.4) is 0 Å². The molecule has 0 aliphatic carbocycles. The molecule has 7 heteroatoms. The molecule has 78 valence electrons. The third-order valence-electron chi connectivity index (χ3n) is 2.07. The third kappa shape index (κ3) is 2.14. The maximum atomic E-state index is 11.1. The van der Waals surface area contributed by atoms with Gasteiger partial charge in [0, 0.05) is 4.91 Å². The van der Waals surface area contributed by atoms with Crippen molar-refractivity contribution >= 4 is 5.97 Å². The fourth-order valence-electron chi connectivity index (χ4n) is 1.36. The number of rotatable bonds is 3. The van der Waals surface area contributed by atoms with Crippen LogP contribution in [0.5, 0.6) is 0 Å². The lowest BCUT2D eigenvalue weighted by Crippen LogP contribution is -2.25. The van der Waals surface area contributed by atoms with Crippen molar-refractivity contribution in [2.75, 3.05) is 13.7 Å². The van der Waals surface area contributed by atoms with E-state index < -0.39 is 24.2 Å². The van der Waals surface area contributed by atoms with Crippen molar-refractivity contribution in [3.05, 3.63) is 10.4 Å². The van der Waals surface area contributed by atoms with E-state index in [2.05, 4.69) is 14.8 Å². The second-order valence-corrected chi connectivity index (χ2v) is 2.88. The zero-order valence-electron chi connectivity index (χ0n) is 7.66. The van der Waals surface area contributed by atoms with Gasteiger partial charge in [-0.3, -0.25) is 0 Å². The largest absolute Gasteiger partial charge is 0.467 e. The molecule has 0 radical (unpaired) electrons. The number of hydrogen-bond donors (Lipinski definition) is 1. The van der Waals surface area contributed by atoms with Crippen molar-refractivity contribution in [1.29, 1.82) is 0 Å². The zero-order valence-corrected chi connectivity index (χ0v) is 7.66. The molecule has 1 fully saturated rings. The molecule has 1 saturated heterocycles. The van der Waals surface area contributed by atoms with E-state index >= 15 is 0 Å². The summed E-state index contributed by atoms with van der Waals surface area (Å²) in [5, 5.41) is 12.3. The van der Waals surface area contributed by atoms with Gasteiger partial charge in [0.15, 0.2) is 6.10 Å². The number of hydrogen-bond acceptors (Lipinski definition) is 5. The summed E-state index contributed by atoms with van der Waals surface area (Å²) in [6, 6.07) is -0.505. The minimum absolute atomic E-state index is 0.252. The molecular weight excluding hydrogens is 190 g/mol. The van der Waals surface area contributed by atoms with E-state index in [1.54, 1.807) is 0 Å². The predicted molar refractivity (Wildman–Crippen MR) is 45.3 cm³/mol. The van der Waals surface area contributed by atoms with Crippen molar-refractivity contribution in [3.8, 4) is 0 Å². The van der Waals surface area contributed by atoms with E-state index in [0.29, 0.717) is 0 Å². The summed E-state index contributed by atoms with van der Waals surface area (Å²) in [4.78, 5) is 13.7. The molecular formula is C7H11N3O4. The Bertz CT molecular complexity index is 264.